The van der Waals surface area contributed by atoms with Gasteiger partial charge in [0.1, 0.15) is 0 Å². The standard InChI is InChI=1S/C20H27N3O4/c1-13-15-12-14-6-7-16(24)18(23(26)27)17(14)20(13,2)8-11-22(15)19(25)21-9-4-3-5-10-21/h6-7,13,15,24H,3-5,8-12H2,1-2H3/t13-,15-,20-/m1/s1. The lowest BCUT2D eigenvalue weighted by Crippen LogP contribution is -2.62. The van der Waals surface area contributed by atoms with Crippen LogP contribution in [-0.2, 0) is 11.8 Å². The molecule has 2 bridgehead atoms. The third-order valence-electron chi connectivity index (χ3n) is 7.15. The fourth-order valence-corrected chi connectivity index (χ4v) is 5.42. The zero-order valence-corrected chi connectivity index (χ0v) is 16.0. The Morgan fingerprint density at radius 2 is 1.96 bits per heavy atom. The number of nitro groups is 1. The van der Waals surface area contributed by atoms with Crippen molar-refractivity contribution in [2.24, 2.45) is 5.92 Å². The number of amides is 2. The minimum absolute atomic E-state index is 0.0369. The molecule has 3 atom stereocenters. The van der Waals surface area contributed by atoms with Gasteiger partial charge in [0.2, 0.25) is 0 Å². The number of hydrogen-bond acceptors (Lipinski definition) is 4. The molecule has 1 aromatic rings. The van der Waals surface area contributed by atoms with Crippen LogP contribution in [0.15, 0.2) is 12.1 Å². The van der Waals surface area contributed by atoms with Crippen molar-refractivity contribution in [1.29, 1.82) is 0 Å². The summed E-state index contributed by atoms with van der Waals surface area (Å²) in [5.74, 6) is -0.176. The van der Waals surface area contributed by atoms with Crippen molar-refractivity contribution in [1.82, 2.24) is 9.80 Å². The summed E-state index contributed by atoms with van der Waals surface area (Å²) >= 11 is 0. The van der Waals surface area contributed by atoms with Crippen LogP contribution in [0.2, 0.25) is 0 Å². The molecule has 2 aliphatic heterocycles. The second-order valence-electron chi connectivity index (χ2n) is 8.48. The van der Waals surface area contributed by atoms with Crippen LogP contribution in [0.5, 0.6) is 5.75 Å². The third kappa shape index (κ3) is 2.66. The number of nitrogens with zero attached hydrogens (tertiary/aromatic N) is 3. The Bertz CT molecular complexity index is 790. The maximum Gasteiger partial charge on any atom is 0.320 e. The van der Waals surface area contributed by atoms with Crippen molar-refractivity contribution in [2.45, 2.75) is 57.4 Å². The molecule has 4 rings (SSSR count). The van der Waals surface area contributed by atoms with Crippen molar-refractivity contribution in [3.05, 3.63) is 33.4 Å². The molecule has 0 aromatic heterocycles. The third-order valence-corrected chi connectivity index (χ3v) is 7.15. The summed E-state index contributed by atoms with van der Waals surface area (Å²) in [5, 5.41) is 21.8. The number of likely N-dealkylation sites (tertiary alicyclic amines) is 2. The van der Waals surface area contributed by atoms with Gasteiger partial charge in [-0.05, 0) is 49.7 Å². The Balaban J connectivity index is 1.72. The molecule has 0 saturated carbocycles. The number of carbonyl (C=O) groups is 1. The normalized spacial score (nSPS) is 30.0. The van der Waals surface area contributed by atoms with Crippen molar-refractivity contribution >= 4 is 11.7 Å². The molecule has 0 unspecified atom stereocenters. The highest BCUT2D eigenvalue weighted by Gasteiger charge is 2.53. The molecule has 0 spiro atoms. The first-order valence-corrected chi connectivity index (χ1v) is 9.90. The highest BCUT2D eigenvalue weighted by molar-refractivity contribution is 5.76. The fourth-order valence-electron chi connectivity index (χ4n) is 5.42. The van der Waals surface area contributed by atoms with Crippen LogP contribution in [0, 0.1) is 16.0 Å². The van der Waals surface area contributed by atoms with Gasteiger partial charge in [0, 0.05) is 36.7 Å². The zero-order chi connectivity index (χ0) is 19.3. The van der Waals surface area contributed by atoms with Gasteiger partial charge >= 0.3 is 11.7 Å². The van der Waals surface area contributed by atoms with E-state index in [-0.39, 0.29) is 29.4 Å². The second kappa shape index (κ2) is 6.39. The number of phenols is 1. The maximum absolute atomic E-state index is 13.1. The van der Waals surface area contributed by atoms with E-state index in [1.54, 1.807) is 6.07 Å². The summed E-state index contributed by atoms with van der Waals surface area (Å²) < 4.78 is 0. The Kier molecular flexibility index (Phi) is 4.28. The van der Waals surface area contributed by atoms with Crippen LogP contribution in [0.1, 0.15) is 50.7 Å². The Morgan fingerprint density at radius 1 is 1.26 bits per heavy atom. The minimum Gasteiger partial charge on any atom is -0.502 e. The summed E-state index contributed by atoms with van der Waals surface area (Å²) in [6, 6.07) is 3.37. The molecule has 1 aromatic carbocycles. The molecule has 0 radical (unpaired) electrons. The van der Waals surface area contributed by atoms with Gasteiger partial charge in [-0.25, -0.2) is 4.79 Å². The number of rotatable bonds is 1. The molecular weight excluding hydrogens is 346 g/mol. The summed E-state index contributed by atoms with van der Waals surface area (Å²) in [6.45, 7) is 6.40. The summed E-state index contributed by atoms with van der Waals surface area (Å²) in [6.07, 6.45) is 4.58. The molecule has 1 aliphatic carbocycles. The summed E-state index contributed by atoms with van der Waals surface area (Å²) in [4.78, 5) is 28.3. The van der Waals surface area contributed by atoms with E-state index in [0.29, 0.717) is 24.9 Å². The van der Waals surface area contributed by atoms with Crippen LogP contribution < -0.4 is 0 Å². The first kappa shape index (κ1) is 18.1. The molecule has 27 heavy (non-hydrogen) atoms. The molecular formula is C20H27N3O4. The molecule has 2 saturated heterocycles. The lowest BCUT2D eigenvalue weighted by Gasteiger charge is -2.54. The maximum atomic E-state index is 13.1. The second-order valence-corrected chi connectivity index (χ2v) is 8.48. The van der Waals surface area contributed by atoms with Gasteiger partial charge in [0.25, 0.3) is 0 Å². The molecule has 2 amide bonds. The number of carbonyl (C=O) groups excluding carboxylic acids is 1. The molecule has 146 valence electrons. The van der Waals surface area contributed by atoms with E-state index in [2.05, 4.69) is 13.8 Å². The quantitative estimate of drug-likeness (QED) is 0.603. The van der Waals surface area contributed by atoms with Gasteiger partial charge in [0.05, 0.1) is 4.92 Å². The summed E-state index contributed by atoms with van der Waals surface area (Å²) in [7, 11) is 0. The number of piperidine rings is 2. The van der Waals surface area contributed by atoms with E-state index < -0.39 is 10.3 Å². The van der Waals surface area contributed by atoms with E-state index in [9.17, 15) is 20.0 Å². The van der Waals surface area contributed by atoms with E-state index in [1.807, 2.05) is 9.80 Å². The van der Waals surface area contributed by atoms with Crippen molar-refractivity contribution < 1.29 is 14.8 Å². The van der Waals surface area contributed by atoms with Crippen LogP contribution in [0.4, 0.5) is 10.5 Å². The van der Waals surface area contributed by atoms with E-state index in [0.717, 1.165) is 31.5 Å². The minimum atomic E-state index is -0.461. The number of hydrogen-bond donors (Lipinski definition) is 1. The lowest BCUT2D eigenvalue weighted by atomic mass is 9.58. The van der Waals surface area contributed by atoms with Crippen LogP contribution >= 0.6 is 0 Å². The monoisotopic (exact) mass is 373 g/mol. The smallest absolute Gasteiger partial charge is 0.320 e. The molecule has 1 N–H and O–H groups in total. The Labute approximate surface area is 159 Å². The average molecular weight is 373 g/mol. The molecule has 7 heteroatoms. The van der Waals surface area contributed by atoms with E-state index >= 15 is 0 Å². The van der Waals surface area contributed by atoms with Gasteiger partial charge in [-0.3, -0.25) is 10.1 Å². The van der Waals surface area contributed by atoms with Crippen molar-refractivity contribution in [3.8, 4) is 5.75 Å². The number of benzene rings is 1. The van der Waals surface area contributed by atoms with Crippen LogP contribution in [-0.4, -0.2) is 51.5 Å². The number of nitro benzene ring substituents is 1. The van der Waals surface area contributed by atoms with Crippen LogP contribution in [0.3, 0.4) is 0 Å². The van der Waals surface area contributed by atoms with E-state index in [4.69, 9.17) is 0 Å². The average Bonchev–Trinajstić information content (AvgIpc) is 2.65. The Morgan fingerprint density at radius 3 is 2.63 bits per heavy atom. The SMILES string of the molecule is C[C@@H]1[C@H]2Cc3ccc(O)c([N+](=O)[O-])c3[C@]1(C)CCN2C(=O)N1CCCCC1. The van der Waals surface area contributed by atoms with Gasteiger partial charge in [-0.15, -0.1) is 0 Å². The first-order chi connectivity index (χ1) is 12.8. The predicted molar refractivity (Wildman–Crippen MR) is 101 cm³/mol. The topological polar surface area (TPSA) is 86.9 Å². The molecule has 3 aliphatic rings. The lowest BCUT2D eigenvalue weighted by molar-refractivity contribution is -0.387. The van der Waals surface area contributed by atoms with Gasteiger partial charge in [0.15, 0.2) is 5.75 Å². The molecule has 7 nitrogen and oxygen atoms in total. The highest BCUT2D eigenvalue weighted by Crippen LogP contribution is 2.53. The molecule has 2 heterocycles. The van der Waals surface area contributed by atoms with Gasteiger partial charge in [-0.2, -0.15) is 0 Å². The largest absolute Gasteiger partial charge is 0.502 e. The van der Waals surface area contributed by atoms with E-state index in [1.165, 1.54) is 12.5 Å². The summed E-state index contributed by atoms with van der Waals surface area (Å²) in [5.41, 5.74) is 0.983. The van der Waals surface area contributed by atoms with Crippen LogP contribution in [0.25, 0.3) is 0 Å². The number of aromatic hydroxyl groups is 1. The Hall–Kier alpha value is -2.31. The highest BCUT2D eigenvalue weighted by atomic mass is 16.6. The van der Waals surface area contributed by atoms with Crippen molar-refractivity contribution in [2.75, 3.05) is 19.6 Å². The molecule has 2 fully saturated rings. The fraction of sp³-hybridized carbons (Fsp3) is 0.650. The number of phenolic OH excluding ortho intramolecular Hbond substituents is 1. The zero-order valence-electron chi connectivity index (χ0n) is 16.0. The van der Waals surface area contributed by atoms with Crippen molar-refractivity contribution in [3.63, 3.8) is 0 Å². The number of urea groups is 1. The predicted octanol–water partition coefficient (Wildman–Crippen LogP) is 3.43. The number of fused-ring (bicyclic) bond motifs is 4. The first-order valence-electron chi connectivity index (χ1n) is 9.90. The van der Waals surface area contributed by atoms with Gasteiger partial charge in [-0.1, -0.05) is 19.9 Å². The van der Waals surface area contributed by atoms with Gasteiger partial charge < -0.3 is 14.9 Å².